The van der Waals surface area contributed by atoms with E-state index >= 15 is 0 Å². The molecule has 0 aliphatic heterocycles. The van der Waals surface area contributed by atoms with Gasteiger partial charge in [-0.1, -0.05) is 6.42 Å². The zero-order chi connectivity index (χ0) is 17.3. The third-order valence-electron chi connectivity index (χ3n) is 4.88. The van der Waals surface area contributed by atoms with Gasteiger partial charge in [-0.2, -0.15) is 0 Å². The highest BCUT2D eigenvalue weighted by Crippen LogP contribution is 2.23. The van der Waals surface area contributed by atoms with Crippen molar-refractivity contribution in [1.82, 2.24) is 19.9 Å². The Kier molecular flexibility index (Phi) is 4.71. The lowest BCUT2D eigenvalue weighted by molar-refractivity contribution is -0.120. The van der Waals surface area contributed by atoms with E-state index in [9.17, 15) is 14.7 Å². The molecule has 7 nitrogen and oxygen atoms in total. The number of aromatic amines is 1. The summed E-state index contributed by atoms with van der Waals surface area (Å²) < 4.78 is 1.62. The van der Waals surface area contributed by atoms with Crippen LogP contribution < -0.4 is 10.9 Å². The molecule has 1 aliphatic carbocycles. The van der Waals surface area contributed by atoms with Crippen LogP contribution in [0.4, 0.5) is 0 Å². The van der Waals surface area contributed by atoms with E-state index in [1.165, 1.54) is 6.07 Å². The average Bonchev–Trinajstić information content (AvgIpc) is 2.90. The fourth-order valence-corrected chi connectivity index (χ4v) is 3.54. The molecule has 2 heterocycles. The van der Waals surface area contributed by atoms with Crippen molar-refractivity contribution in [3.05, 3.63) is 33.4 Å². The van der Waals surface area contributed by atoms with Gasteiger partial charge in [0, 0.05) is 29.6 Å². The first-order chi connectivity index (χ1) is 11.4. The fraction of sp³-hybridized carbons (Fsp3) is 0.588. The molecule has 1 fully saturated rings. The number of carbonyl (C=O) groups is 1. The van der Waals surface area contributed by atoms with Crippen LogP contribution in [0.3, 0.4) is 0 Å². The molecule has 2 aromatic rings. The summed E-state index contributed by atoms with van der Waals surface area (Å²) in [5.41, 5.74) is 2.77. The molecular formula is C17H24N4O3. The monoisotopic (exact) mass is 332 g/mol. The lowest BCUT2D eigenvalue weighted by atomic mass is 9.87. The van der Waals surface area contributed by atoms with E-state index in [1.54, 1.807) is 4.52 Å². The van der Waals surface area contributed by atoms with Gasteiger partial charge in [0.1, 0.15) is 0 Å². The maximum absolute atomic E-state index is 12.3. The molecule has 0 bridgehead atoms. The van der Waals surface area contributed by atoms with Crippen molar-refractivity contribution in [2.45, 2.75) is 52.1 Å². The first-order valence-electron chi connectivity index (χ1n) is 8.46. The Hall–Kier alpha value is -2.15. The van der Waals surface area contributed by atoms with Gasteiger partial charge in [-0.15, -0.1) is 0 Å². The molecule has 2 unspecified atom stereocenters. The minimum atomic E-state index is -0.234. The summed E-state index contributed by atoms with van der Waals surface area (Å²) in [7, 11) is 0. The molecule has 0 aromatic carbocycles. The van der Waals surface area contributed by atoms with Gasteiger partial charge in [0.05, 0.1) is 12.5 Å². The first kappa shape index (κ1) is 16.7. The minimum Gasteiger partial charge on any atom is -0.393 e. The number of hydrogen-bond donors (Lipinski definition) is 3. The molecule has 2 atom stereocenters. The van der Waals surface area contributed by atoms with E-state index in [4.69, 9.17) is 0 Å². The van der Waals surface area contributed by atoms with Crippen molar-refractivity contribution >= 4 is 11.6 Å². The van der Waals surface area contributed by atoms with Gasteiger partial charge in [-0.25, -0.2) is 9.50 Å². The van der Waals surface area contributed by atoms with Crippen molar-refractivity contribution < 1.29 is 9.90 Å². The third kappa shape index (κ3) is 3.51. The van der Waals surface area contributed by atoms with Gasteiger partial charge in [0.2, 0.25) is 5.91 Å². The Bertz CT molecular complexity index is 808. The molecule has 7 heteroatoms. The summed E-state index contributed by atoms with van der Waals surface area (Å²) >= 11 is 0. The van der Waals surface area contributed by atoms with Gasteiger partial charge in [0.25, 0.3) is 5.56 Å². The molecule has 1 saturated carbocycles. The predicted molar refractivity (Wildman–Crippen MR) is 90.0 cm³/mol. The van der Waals surface area contributed by atoms with Gasteiger partial charge in [-0.05, 0) is 39.0 Å². The van der Waals surface area contributed by atoms with Crippen LogP contribution in [0.5, 0.6) is 0 Å². The Morgan fingerprint density at radius 1 is 1.46 bits per heavy atom. The standard InChI is InChI=1S/C17H24N4O3/c1-10-14(11(2)21-15(19-10)8-17(24)20-21)7-16(23)18-9-12-4-3-5-13(22)6-12/h8,12-13,22H,3-7,9H2,1-2H3,(H,18,23)(H,20,24). The van der Waals surface area contributed by atoms with E-state index < -0.39 is 0 Å². The predicted octanol–water partition coefficient (Wildman–Crippen LogP) is 0.849. The Labute approximate surface area is 140 Å². The second-order valence-electron chi connectivity index (χ2n) is 6.74. The number of carbonyl (C=O) groups excluding carboxylic acids is 1. The maximum Gasteiger partial charge on any atom is 0.266 e. The molecule has 3 N–H and O–H groups in total. The van der Waals surface area contributed by atoms with Gasteiger partial charge in [0.15, 0.2) is 5.65 Å². The molecule has 24 heavy (non-hydrogen) atoms. The Morgan fingerprint density at radius 3 is 3.00 bits per heavy atom. The van der Waals surface area contributed by atoms with Crippen molar-refractivity contribution in [2.75, 3.05) is 6.54 Å². The van der Waals surface area contributed by atoms with Crippen LogP contribution in [0.15, 0.2) is 10.9 Å². The summed E-state index contributed by atoms with van der Waals surface area (Å²) in [6.45, 7) is 4.33. The average molecular weight is 332 g/mol. The van der Waals surface area contributed by atoms with Crippen molar-refractivity contribution in [3.63, 3.8) is 0 Å². The topological polar surface area (TPSA) is 99.5 Å². The quantitative estimate of drug-likeness (QED) is 0.773. The zero-order valence-corrected chi connectivity index (χ0v) is 14.1. The highest BCUT2D eigenvalue weighted by Gasteiger charge is 2.21. The summed E-state index contributed by atoms with van der Waals surface area (Å²) in [5, 5.41) is 15.4. The molecule has 0 saturated heterocycles. The fourth-order valence-electron chi connectivity index (χ4n) is 3.54. The number of aromatic nitrogens is 3. The normalized spacial score (nSPS) is 21.1. The number of rotatable bonds is 4. The highest BCUT2D eigenvalue weighted by molar-refractivity contribution is 5.79. The summed E-state index contributed by atoms with van der Waals surface area (Å²) in [5.74, 6) is 0.290. The highest BCUT2D eigenvalue weighted by atomic mass is 16.3. The number of nitrogens with zero attached hydrogens (tertiary/aromatic N) is 2. The number of hydrogen-bond acceptors (Lipinski definition) is 4. The Morgan fingerprint density at radius 2 is 2.25 bits per heavy atom. The van der Waals surface area contributed by atoms with Crippen LogP contribution >= 0.6 is 0 Å². The SMILES string of the molecule is Cc1nc2cc(=O)[nH]n2c(C)c1CC(=O)NCC1CCCC(O)C1. The molecule has 2 aromatic heterocycles. The van der Waals surface area contributed by atoms with Gasteiger partial charge >= 0.3 is 0 Å². The van der Waals surface area contributed by atoms with Crippen LogP contribution in [0.1, 0.15) is 42.6 Å². The van der Waals surface area contributed by atoms with Gasteiger partial charge in [-0.3, -0.25) is 14.7 Å². The number of fused-ring (bicyclic) bond motifs is 1. The maximum atomic E-state index is 12.3. The second-order valence-corrected chi connectivity index (χ2v) is 6.74. The van der Waals surface area contributed by atoms with Crippen LogP contribution in [-0.2, 0) is 11.2 Å². The van der Waals surface area contributed by atoms with Crippen LogP contribution in [0, 0.1) is 19.8 Å². The number of aliphatic hydroxyl groups excluding tert-OH is 1. The molecule has 1 amide bonds. The van der Waals surface area contributed by atoms with Crippen molar-refractivity contribution in [1.29, 1.82) is 0 Å². The third-order valence-corrected chi connectivity index (χ3v) is 4.88. The van der Waals surface area contributed by atoms with E-state index in [1.807, 2.05) is 13.8 Å². The molecule has 1 aliphatic rings. The molecule has 0 spiro atoms. The molecular weight excluding hydrogens is 308 g/mol. The second kappa shape index (κ2) is 6.76. The summed E-state index contributed by atoms with van der Waals surface area (Å²) in [6, 6.07) is 1.44. The van der Waals surface area contributed by atoms with Crippen molar-refractivity contribution in [2.24, 2.45) is 5.92 Å². The number of aliphatic hydroxyl groups is 1. The van der Waals surface area contributed by atoms with Gasteiger partial charge < -0.3 is 10.4 Å². The number of amides is 1. The number of nitrogens with one attached hydrogen (secondary N) is 2. The minimum absolute atomic E-state index is 0.0584. The van der Waals surface area contributed by atoms with E-state index in [-0.39, 0.29) is 24.0 Å². The lowest BCUT2D eigenvalue weighted by Gasteiger charge is -2.26. The largest absolute Gasteiger partial charge is 0.393 e. The molecule has 130 valence electrons. The van der Waals surface area contributed by atoms with Crippen LogP contribution in [0.25, 0.3) is 5.65 Å². The smallest absolute Gasteiger partial charge is 0.266 e. The first-order valence-corrected chi connectivity index (χ1v) is 8.46. The van der Waals surface area contributed by atoms with Crippen LogP contribution in [-0.4, -0.2) is 38.3 Å². The van der Waals surface area contributed by atoms with Crippen molar-refractivity contribution in [3.8, 4) is 0 Å². The summed E-state index contributed by atoms with van der Waals surface area (Å²) in [4.78, 5) is 28.2. The number of H-pyrrole nitrogens is 1. The number of aryl methyl sites for hydroxylation is 2. The molecule has 0 radical (unpaired) electrons. The Balaban J connectivity index is 1.68. The van der Waals surface area contributed by atoms with E-state index in [2.05, 4.69) is 15.4 Å². The summed E-state index contributed by atoms with van der Waals surface area (Å²) in [6.07, 6.45) is 3.69. The molecule has 3 rings (SSSR count). The van der Waals surface area contributed by atoms with Crippen LogP contribution in [0.2, 0.25) is 0 Å². The van der Waals surface area contributed by atoms with E-state index in [0.717, 1.165) is 42.6 Å². The van der Waals surface area contributed by atoms with E-state index in [0.29, 0.717) is 18.1 Å². The lowest BCUT2D eigenvalue weighted by Crippen LogP contribution is -2.34. The zero-order valence-electron chi connectivity index (χ0n) is 14.1.